The molecule has 1 atom stereocenters. The minimum atomic E-state index is -0.224. The number of Topliss-reactive ketones (excluding diaryl/α,β-unsaturated/α-hetero) is 1. The molecule has 0 saturated heterocycles. The predicted molar refractivity (Wildman–Crippen MR) is 60.1 cm³/mol. The van der Waals surface area contributed by atoms with E-state index in [-0.39, 0.29) is 17.2 Å². The number of aliphatic hydroxyl groups excluding tert-OH is 1. The van der Waals surface area contributed by atoms with Gasteiger partial charge in [0, 0.05) is 10.6 Å². The third-order valence-corrected chi connectivity index (χ3v) is 2.64. The zero-order valence-electron chi connectivity index (χ0n) is 7.63. The van der Waals surface area contributed by atoms with Crippen LogP contribution in [0.5, 0.6) is 0 Å². The lowest BCUT2D eigenvalue weighted by molar-refractivity contribution is 0.0996. The number of alkyl halides is 1. The summed E-state index contributed by atoms with van der Waals surface area (Å²) in [6.07, 6.45) is 0. The van der Waals surface area contributed by atoms with Gasteiger partial charge in [-0.3, -0.25) is 4.79 Å². The molecule has 0 fully saturated rings. The topological polar surface area (TPSA) is 37.3 Å². The van der Waals surface area contributed by atoms with Gasteiger partial charge in [-0.15, -0.1) is 0 Å². The summed E-state index contributed by atoms with van der Waals surface area (Å²) >= 11 is 9.05. The molecule has 76 valence electrons. The third kappa shape index (κ3) is 2.56. The molecule has 0 amide bonds. The molecule has 0 saturated carbocycles. The Kier molecular flexibility index (Phi) is 4.11. The normalized spacial score (nSPS) is 12.6. The molecule has 0 aliphatic carbocycles. The first-order chi connectivity index (χ1) is 6.56. The number of halogens is 2. The smallest absolute Gasteiger partial charge is 0.176 e. The van der Waals surface area contributed by atoms with Crippen molar-refractivity contribution in [1.29, 1.82) is 0 Å². The van der Waals surface area contributed by atoms with Gasteiger partial charge in [0.15, 0.2) is 5.78 Å². The Morgan fingerprint density at radius 3 is 2.71 bits per heavy atom. The largest absolute Gasteiger partial charge is 0.392 e. The van der Waals surface area contributed by atoms with Crippen molar-refractivity contribution >= 4 is 33.3 Å². The second-order valence-corrected chi connectivity index (χ2v) is 4.73. The molecule has 14 heavy (non-hydrogen) atoms. The Morgan fingerprint density at radius 1 is 1.64 bits per heavy atom. The van der Waals surface area contributed by atoms with Gasteiger partial charge >= 0.3 is 0 Å². The molecule has 0 aliphatic rings. The number of aliphatic hydroxyl groups is 1. The van der Waals surface area contributed by atoms with Crippen molar-refractivity contribution in [3.63, 3.8) is 0 Å². The Morgan fingerprint density at radius 2 is 2.29 bits per heavy atom. The van der Waals surface area contributed by atoms with E-state index in [9.17, 15) is 4.79 Å². The van der Waals surface area contributed by atoms with Crippen LogP contribution < -0.4 is 0 Å². The van der Waals surface area contributed by atoms with E-state index in [2.05, 4.69) is 15.9 Å². The van der Waals surface area contributed by atoms with Gasteiger partial charge in [-0.05, 0) is 18.6 Å². The van der Waals surface area contributed by atoms with Gasteiger partial charge in [-0.2, -0.15) is 0 Å². The average molecular weight is 278 g/mol. The van der Waals surface area contributed by atoms with Gasteiger partial charge in [0.25, 0.3) is 0 Å². The maximum Gasteiger partial charge on any atom is 0.176 e. The molecule has 2 nitrogen and oxygen atoms in total. The number of carbonyl (C=O) groups excluding carboxylic acids is 1. The first-order valence-corrected chi connectivity index (χ1v) is 5.43. The monoisotopic (exact) mass is 276 g/mol. The number of ketones is 1. The van der Waals surface area contributed by atoms with Gasteiger partial charge in [0.2, 0.25) is 0 Å². The lowest BCUT2D eigenvalue weighted by atomic mass is 10.1. The van der Waals surface area contributed by atoms with Crippen LogP contribution in [0.15, 0.2) is 18.2 Å². The van der Waals surface area contributed by atoms with E-state index in [0.717, 1.165) is 0 Å². The maximum absolute atomic E-state index is 11.5. The number of carbonyl (C=O) groups is 1. The zero-order valence-corrected chi connectivity index (χ0v) is 9.97. The van der Waals surface area contributed by atoms with Crippen molar-refractivity contribution in [2.24, 2.45) is 0 Å². The molecule has 4 heteroatoms. The Hall–Kier alpha value is -0.380. The van der Waals surface area contributed by atoms with Gasteiger partial charge < -0.3 is 5.11 Å². The highest BCUT2D eigenvalue weighted by molar-refractivity contribution is 9.10. The van der Waals surface area contributed by atoms with Crippen LogP contribution in [0.4, 0.5) is 0 Å². The summed E-state index contributed by atoms with van der Waals surface area (Å²) in [6, 6.07) is 4.90. The fourth-order valence-corrected chi connectivity index (χ4v) is 1.56. The van der Waals surface area contributed by atoms with Crippen LogP contribution in [-0.2, 0) is 6.61 Å². The molecule has 0 aliphatic heterocycles. The second-order valence-electron chi connectivity index (χ2n) is 2.94. The van der Waals surface area contributed by atoms with Crippen LogP contribution in [0.3, 0.4) is 0 Å². The molecule has 0 aromatic heterocycles. The second kappa shape index (κ2) is 4.91. The fraction of sp³-hybridized carbons (Fsp3) is 0.300. The fourth-order valence-electron chi connectivity index (χ4n) is 1.06. The number of hydrogen-bond acceptors (Lipinski definition) is 2. The molecule has 1 aromatic rings. The lowest BCUT2D eigenvalue weighted by Gasteiger charge is -2.05. The Labute approximate surface area is 96.0 Å². The van der Waals surface area contributed by atoms with Crippen LogP contribution in [0.25, 0.3) is 0 Å². The highest BCUT2D eigenvalue weighted by Crippen LogP contribution is 2.20. The standard InChI is InChI=1S/C10H10BrClO2/c1-6(11)10(14)7-2-3-8(5-13)9(12)4-7/h2-4,6,13H,5H2,1H3. The third-order valence-electron chi connectivity index (χ3n) is 1.87. The van der Waals surface area contributed by atoms with E-state index in [1.54, 1.807) is 25.1 Å². The molecule has 0 heterocycles. The minimum absolute atomic E-state index is 0.0172. The lowest BCUT2D eigenvalue weighted by Crippen LogP contribution is -2.09. The Bertz CT molecular complexity index is 350. The summed E-state index contributed by atoms with van der Waals surface area (Å²) in [5, 5.41) is 9.30. The molecule has 0 spiro atoms. The summed E-state index contributed by atoms with van der Waals surface area (Å²) in [5.41, 5.74) is 1.18. The average Bonchev–Trinajstić information content (AvgIpc) is 2.16. The van der Waals surface area contributed by atoms with Crippen molar-refractivity contribution < 1.29 is 9.90 Å². The number of rotatable bonds is 3. The number of benzene rings is 1. The summed E-state index contributed by atoms with van der Waals surface area (Å²) in [7, 11) is 0. The molecule has 1 N–H and O–H groups in total. The summed E-state index contributed by atoms with van der Waals surface area (Å²) in [5.74, 6) is -0.0172. The molecule has 1 unspecified atom stereocenters. The highest BCUT2D eigenvalue weighted by Gasteiger charge is 2.12. The maximum atomic E-state index is 11.5. The van der Waals surface area contributed by atoms with Crippen molar-refractivity contribution in [3.05, 3.63) is 34.3 Å². The van der Waals surface area contributed by atoms with Gasteiger partial charge in [0.05, 0.1) is 11.4 Å². The predicted octanol–water partition coefficient (Wildman–Crippen LogP) is 2.80. The van der Waals surface area contributed by atoms with E-state index in [0.29, 0.717) is 16.1 Å². The number of hydrogen-bond donors (Lipinski definition) is 1. The van der Waals surface area contributed by atoms with E-state index in [1.807, 2.05) is 0 Å². The summed E-state index contributed by atoms with van der Waals surface area (Å²) in [4.78, 5) is 11.3. The van der Waals surface area contributed by atoms with Crippen LogP contribution >= 0.6 is 27.5 Å². The molecule has 1 aromatic carbocycles. The van der Waals surface area contributed by atoms with E-state index >= 15 is 0 Å². The molecule has 0 bridgehead atoms. The molecular weight excluding hydrogens is 267 g/mol. The van der Waals surface area contributed by atoms with E-state index < -0.39 is 0 Å². The first kappa shape index (κ1) is 11.7. The Balaban J connectivity index is 3.03. The van der Waals surface area contributed by atoms with Crippen LogP contribution in [0.2, 0.25) is 5.02 Å². The van der Waals surface area contributed by atoms with Crippen LogP contribution in [0, 0.1) is 0 Å². The van der Waals surface area contributed by atoms with Gasteiger partial charge in [-0.25, -0.2) is 0 Å². The minimum Gasteiger partial charge on any atom is -0.392 e. The molecule has 1 rings (SSSR count). The quantitative estimate of drug-likeness (QED) is 0.681. The van der Waals surface area contributed by atoms with Crippen molar-refractivity contribution in [2.75, 3.05) is 0 Å². The molecular formula is C10H10BrClO2. The highest BCUT2D eigenvalue weighted by atomic mass is 79.9. The SMILES string of the molecule is CC(Br)C(=O)c1ccc(CO)c(Cl)c1. The first-order valence-electron chi connectivity index (χ1n) is 4.14. The van der Waals surface area contributed by atoms with Gasteiger partial charge in [0.1, 0.15) is 0 Å². The van der Waals surface area contributed by atoms with Gasteiger partial charge in [-0.1, -0.05) is 39.7 Å². The van der Waals surface area contributed by atoms with Crippen molar-refractivity contribution in [3.8, 4) is 0 Å². The van der Waals surface area contributed by atoms with E-state index in [4.69, 9.17) is 16.7 Å². The zero-order chi connectivity index (χ0) is 10.7. The van der Waals surface area contributed by atoms with E-state index in [1.165, 1.54) is 0 Å². The molecule has 0 radical (unpaired) electrons. The van der Waals surface area contributed by atoms with Crippen LogP contribution in [-0.4, -0.2) is 15.7 Å². The van der Waals surface area contributed by atoms with Crippen molar-refractivity contribution in [1.82, 2.24) is 0 Å². The summed E-state index contributed by atoms with van der Waals surface area (Å²) < 4.78 is 0. The van der Waals surface area contributed by atoms with Crippen LogP contribution in [0.1, 0.15) is 22.8 Å². The summed E-state index contributed by atoms with van der Waals surface area (Å²) in [6.45, 7) is 1.65. The van der Waals surface area contributed by atoms with Crippen molar-refractivity contribution in [2.45, 2.75) is 18.4 Å².